The summed E-state index contributed by atoms with van der Waals surface area (Å²) in [6.45, 7) is 5.89. The van der Waals surface area contributed by atoms with Gasteiger partial charge in [0.2, 0.25) is 11.8 Å². The first kappa shape index (κ1) is 21.3. The number of aliphatic hydroxyl groups is 1. The van der Waals surface area contributed by atoms with Gasteiger partial charge in [-0.2, -0.15) is 0 Å². The quantitative estimate of drug-likeness (QED) is 0.583. The van der Waals surface area contributed by atoms with E-state index in [9.17, 15) is 14.7 Å². The molecule has 4 aliphatic rings. The maximum Gasteiger partial charge on any atom is 0.239 e. The van der Waals surface area contributed by atoms with Gasteiger partial charge in [-0.15, -0.1) is 0 Å². The highest BCUT2D eigenvalue weighted by molar-refractivity contribution is 6.24. The monoisotopic (exact) mass is 451 g/mol. The van der Waals surface area contributed by atoms with E-state index in [0.29, 0.717) is 0 Å². The Morgan fingerprint density at radius 3 is 1.85 bits per heavy atom. The molecule has 34 heavy (non-hydrogen) atoms. The molecule has 4 heteroatoms. The highest BCUT2D eigenvalue weighted by Crippen LogP contribution is 2.65. The van der Waals surface area contributed by atoms with Gasteiger partial charge in [0.15, 0.2) is 0 Å². The first-order valence-corrected chi connectivity index (χ1v) is 12.3. The van der Waals surface area contributed by atoms with E-state index < -0.39 is 23.4 Å². The summed E-state index contributed by atoms with van der Waals surface area (Å²) in [5.41, 5.74) is 5.90. The fourth-order valence-electron chi connectivity index (χ4n) is 7.26. The number of carbonyl (C=O) groups excluding carboxylic acids is 2. The van der Waals surface area contributed by atoms with Crippen LogP contribution in [-0.2, 0) is 27.8 Å². The molecule has 1 N–H and O–H groups in total. The SMILES string of the molecule is CCc1cccc(CC)c1N1C(=O)C2C3c4ccccc4C(C(C)O)(c4ccccc43)C2C1=O. The zero-order chi connectivity index (χ0) is 23.8. The molecule has 0 radical (unpaired) electrons. The van der Waals surface area contributed by atoms with Crippen LogP contribution in [0, 0.1) is 11.8 Å². The molecule has 0 aromatic heterocycles. The maximum absolute atomic E-state index is 14.4. The number of carbonyl (C=O) groups is 2. The summed E-state index contributed by atoms with van der Waals surface area (Å²) >= 11 is 0. The van der Waals surface area contributed by atoms with Gasteiger partial charge in [0.05, 0.1) is 29.0 Å². The Labute approximate surface area is 200 Å². The van der Waals surface area contributed by atoms with Crippen LogP contribution in [0.25, 0.3) is 0 Å². The summed E-state index contributed by atoms with van der Waals surface area (Å²) in [4.78, 5) is 30.2. The molecule has 1 saturated heterocycles. The standard InChI is InChI=1S/C30H29NO3/c1-4-18-11-10-12-19(5-2)27(18)31-28(33)25-24-20-13-6-8-15-22(20)30(17(3)32,26(25)29(31)34)23-16-9-7-14-21(23)24/h6-17,24-26,32H,4-5H2,1-3H3. The lowest BCUT2D eigenvalue weighted by Crippen LogP contribution is -2.58. The number of aliphatic hydroxyl groups excluding tert-OH is 1. The third-order valence-electron chi connectivity index (χ3n) is 8.53. The molecule has 1 fully saturated rings. The minimum absolute atomic E-state index is 0.135. The van der Waals surface area contributed by atoms with E-state index in [1.807, 2.05) is 54.6 Å². The second-order valence-electron chi connectivity index (χ2n) is 9.84. The zero-order valence-corrected chi connectivity index (χ0v) is 19.8. The van der Waals surface area contributed by atoms with E-state index in [1.165, 1.54) is 4.90 Å². The van der Waals surface area contributed by atoms with E-state index in [0.717, 1.165) is 51.9 Å². The number of nitrogens with zero attached hydrogens (tertiary/aromatic N) is 1. The van der Waals surface area contributed by atoms with Crippen LogP contribution in [0.2, 0.25) is 0 Å². The Kier molecular flexibility index (Phi) is 4.62. The van der Waals surface area contributed by atoms with Crippen molar-refractivity contribution in [2.45, 2.75) is 51.0 Å². The van der Waals surface area contributed by atoms with Crippen molar-refractivity contribution < 1.29 is 14.7 Å². The molecule has 3 unspecified atom stereocenters. The van der Waals surface area contributed by atoms with Gasteiger partial charge >= 0.3 is 0 Å². The van der Waals surface area contributed by atoms with Gasteiger partial charge in [-0.05, 0) is 53.1 Å². The predicted octanol–water partition coefficient (Wildman–Crippen LogP) is 4.74. The number of imide groups is 1. The predicted molar refractivity (Wildman–Crippen MR) is 132 cm³/mol. The zero-order valence-electron chi connectivity index (χ0n) is 19.8. The Morgan fingerprint density at radius 1 is 0.824 bits per heavy atom. The molecule has 3 aliphatic carbocycles. The van der Waals surface area contributed by atoms with Crippen LogP contribution in [0.5, 0.6) is 0 Å². The van der Waals surface area contributed by atoms with Crippen LogP contribution in [0.15, 0.2) is 66.7 Å². The first-order valence-electron chi connectivity index (χ1n) is 12.3. The molecule has 2 amide bonds. The Morgan fingerprint density at radius 2 is 1.35 bits per heavy atom. The second kappa shape index (κ2) is 7.38. The van der Waals surface area contributed by atoms with Gasteiger partial charge < -0.3 is 5.11 Å². The van der Waals surface area contributed by atoms with Gasteiger partial charge in [-0.1, -0.05) is 80.6 Å². The molecular formula is C30H29NO3. The number of anilines is 1. The number of rotatable bonds is 4. The maximum atomic E-state index is 14.4. The fraction of sp³-hybridized carbons (Fsp3) is 0.333. The van der Waals surface area contributed by atoms with Crippen molar-refractivity contribution in [3.8, 4) is 0 Å². The van der Waals surface area contributed by atoms with Crippen molar-refractivity contribution in [3.63, 3.8) is 0 Å². The molecule has 4 nitrogen and oxygen atoms in total. The molecular weight excluding hydrogens is 422 g/mol. The molecule has 172 valence electrons. The number of aryl methyl sites for hydroxylation is 2. The van der Waals surface area contributed by atoms with E-state index in [1.54, 1.807) is 6.92 Å². The number of benzene rings is 3. The lowest BCUT2D eigenvalue weighted by molar-refractivity contribution is -0.126. The van der Waals surface area contributed by atoms with Crippen molar-refractivity contribution in [1.29, 1.82) is 0 Å². The van der Waals surface area contributed by atoms with Gasteiger partial charge in [-0.25, -0.2) is 4.90 Å². The van der Waals surface area contributed by atoms with E-state index in [2.05, 4.69) is 26.0 Å². The van der Waals surface area contributed by atoms with Crippen LogP contribution in [-0.4, -0.2) is 23.0 Å². The van der Waals surface area contributed by atoms with Crippen molar-refractivity contribution in [3.05, 3.63) is 100 Å². The normalized spacial score (nSPS) is 27.4. The van der Waals surface area contributed by atoms with Crippen molar-refractivity contribution in [1.82, 2.24) is 0 Å². The highest BCUT2D eigenvalue weighted by atomic mass is 16.3. The minimum atomic E-state index is -0.957. The molecule has 3 aromatic rings. The number of hydrogen-bond donors (Lipinski definition) is 1. The van der Waals surface area contributed by atoms with Gasteiger partial charge in [0.1, 0.15) is 0 Å². The summed E-state index contributed by atoms with van der Waals surface area (Å²) in [5.74, 6) is -1.67. The lowest BCUT2D eigenvalue weighted by Gasteiger charge is -2.55. The van der Waals surface area contributed by atoms with Crippen molar-refractivity contribution in [2.75, 3.05) is 4.90 Å². The lowest BCUT2D eigenvalue weighted by atomic mass is 9.46. The summed E-state index contributed by atoms with van der Waals surface area (Å²) in [6.07, 6.45) is 0.634. The summed E-state index contributed by atoms with van der Waals surface area (Å²) in [7, 11) is 0. The van der Waals surface area contributed by atoms with Gasteiger partial charge in [-0.3, -0.25) is 9.59 Å². The molecule has 3 atom stereocenters. The summed E-state index contributed by atoms with van der Waals surface area (Å²) in [5, 5.41) is 11.5. The number of amides is 2. The topological polar surface area (TPSA) is 57.6 Å². The molecule has 7 rings (SSSR count). The Hall–Kier alpha value is -3.24. The van der Waals surface area contributed by atoms with Gasteiger partial charge in [0.25, 0.3) is 0 Å². The molecule has 3 aromatic carbocycles. The molecule has 1 heterocycles. The van der Waals surface area contributed by atoms with E-state index in [-0.39, 0.29) is 17.7 Å². The highest BCUT2D eigenvalue weighted by Gasteiger charge is 2.69. The van der Waals surface area contributed by atoms with Crippen LogP contribution in [0.3, 0.4) is 0 Å². The average molecular weight is 452 g/mol. The van der Waals surface area contributed by atoms with Crippen LogP contribution in [0.1, 0.15) is 60.1 Å². The van der Waals surface area contributed by atoms with Crippen molar-refractivity contribution >= 4 is 17.5 Å². The Bertz CT molecular complexity index is 1270. The Balaban J connectivity index is 1.66. The second-order valence-corrected chi connectivity index (χ2v) is 9.84. The number of para-hydroxylation sites is 1. The molecule has 2 bridgehead atoms. The summed E-state index contributed by atoms with van der Waals surface area (Å²) in [6, 6.07) is 22.2. The third-order valence-corrected chi connectivity index (χ3v) is 8.53. The van der Waals surface area contributed by atoms with E-state index >= 15 is 0 Å². The van der Waals surface area contributed by atoms with Crippen LogP contribution < -0.4 is 4.90 Å². The fourth-order valence-corrected chi connectivity index (χ4v) is 7.26. The molecule has 0 saturated carbocycles. The van der Waals surface area contributed by atoms with Crippen LogP contribution in [0.4, 0.5) is 5.69 Å². The van der Waals surface area contributed by atoms with Crippen LogP contribution >= 0.6 is 0 Å². The largest absolute Gasteiger partial charge is 0.392 e. The van der Waals surface area contributed by atoms with Crippen molar-refractivity contribution in [2.24, 2.45) is 11.8 Å². The molecule has 0 spiro atoms. The third kappa shape index (κ3) is 2.37. The molecule has 1 aliphatic heterocycles. The average Bonchev–Trinajstić information content (AvgIpc) is 3.13. The summed E-state index contributed by atoms with van der Waals surface area (Å²) < 4.78 is 0. The first-order chi connectivity index (χ1) is 16.5. The van der Waals surface area contributed by atoms with E-state index in [4.69, 9.17) is 0 Å². The minimum Gasteiger partial charge on any atom is -0.392 e. The number of hydrogen-bond acceptors (Lipinski definition) is 3. The smallest absolute Gasteiger partial charge is 0.239 e. The van der Waals surface area contributed by atoms with Gasteiger partial charge in [0, 0.05) is 5.92 Å².